The number of hydrogen-bond acceptors (Lipinski definition) is 4. The Balaban J connectivity index is 2.52. The minimum absolute atomic E-state index is 0.200. The topological polar surface area (TPSA) is 89.9 Å². The summed E-state index contributed by atoms with van der Waals surface area (Å²) in [6, 6.07) is 2.88. The van der Waals surface area contributed by atoms with Crippen LogP contribution in [0.25, 0.3) is 0 Å². The summed E-state index contributed by atoms with van der Waals surface area (Å²) in [4.78, 5) is 25.0. The molecule has 0 spiro atoms. The van der Waals surface area contributed by atoms with Gasteiger partial charge in [-0.2, -0.15) is 0 Å². The quantitative estimate of drug-likeness (QED) is 0.701. The number of amides is 1. The zero-order valence-electron chi connectivity index (χ0n) is 12.1. The summed E-state index contributed by atoms with van der Waals surface area (Å²) in [5.41, 5.74) is 0.631. The van der Waals surface area contributed by atoms with Gasteiger partial charge in [0.05, 0.1) is 5.92 Å². The Kier molecular flexibility index (Phi) is 4.50. The predicted octanol–water partition coefficient (Wildman–Crippen LogP) is 2.15. The minimum atomic E-state index is -1.24. The predicted molar refractivity (Wildman–Crippen MR) is 83.0 cm³/mol. The number of nitrogens with zero attached hydrogens (tertiary/aromatic N) is 1. The molecule has 3 N–H and O–H groups in total. The fourth-order valence-corrected chi connectivity index (χ4v) is 2.62. The SMILES string of the molecule is C=CCNc1ccc(C(=O)O)c(O)c1C1CCN(C=C)C1=O. The highest BCUT2D eigenvalue weighted by atomic mass is 16.4. The van der Waals surface area contributed by atoms with Gasteiger partial charge in [0.1, 0.15) is 11.3 Å². The van der Waals surface area contributed by atoms with E-state index >= 15 is 0 Å². The second-order valence-corrected chi connectivity index (χ2v) is 4.95. The molecule has 2 rings (SSSR count). The van der Waals surface area contributed by atoms with E-state index in [1.807, 2.05) is 0 Å². The lowest BCUT2D eigenvalue weighted by Gasteiger charge is -2.18. The summed E-state index contributed by atoms with van der Waals surface area (Å²) in [6.07, 6.45) is 3.57. The van der Waals surface area contributed by atoms with E-state index in [1.165, 1.54) is 17.2 Å². The average Bonchev–Trinajstić information content (AvgIpc) is 2.85. The van der Waals surface area contributed by atoms with Crippen LogP contribution in [-0.4, -0.2) is 40.1 Å². The fraction of sp³-hybridized carbons (Fsp3) is 0.250. The maximum absolute atomic E-state index is 12.3. The first-order valence-corrected chi connectivity index (χ1v) is 6.88. The van der Waals surface area contributed by atoms with Crippen molar-refractivity contribution in [3.05, 3.63) is 48.7 Å². The van der Waals surface area contributed by atoms with Crippen molar-refractivity contribution in [2.75, 3.05) is 18.4 Å². The highest BCUT2D eigenvalue weighted by Gasteiger charge is 2.36. The summed E-state index contributed by atoms with van der Waals surface area (Å²) in [6.45, 7) is 8.11. The van der Waals surface area contributed by atoms with Crippen molar-refractivity contribution in [3.8, 4) is 5.75 Å². The van der Waals surface area contributed by atoms with E-state index in [2.05, 4.69) is 18.5 Å². The van der Waals surface area contributed by atoms with E-state index in [1.54, 1.807) is 12.1 Å². The van der Waals surface area contributed by atoms with E-state index < -0.39 is 11.9 Å². The van der Waals surface area contributed by atoms with E-state index in [0.29, 0.717) is 30.8 Å². The van der Waals surface area contributed by atoms with Crippen molar-refractivity contribution >= 4 is 17.6 Å². The maximum Gasteiger partial charge on any atom is 0.339 e. The Morgan fingerprint density at radius 3 is 2.73 bits per heavy atom. The minimum Gasteiger partial charge on any atom is -0.507 e. The largest absolute Gasteiger partial charge is 0.507 e. The van der Waals surface area contributed by atoms with Gasteiger partial charge < -0.3 is 20.4 Å². The van der Waals surface area contributed by atoms with Gasteiger partial charge in [0, 0.05) is 24.3 Å². The number of rotatable bonds is 6. The molecule has 0 aromatic heterocycles. The molecule has 1 aliphatic heterocycles. The number of anilines is 1. The highest BCUT2D eigenvalue weighted by molar-refractivity contribution is 5.95. The van der Waals surface area contributed by atoms with Crippen molar-refractivity contribution in [2.24, 2.45) is 0 Å². The van der Waals surface area contributed by atoms with Gasteiger partial charge in [-0.1, -0.05) is 12.7 Å². The zero-order chi connectivity index (χ0) is 16.3. The first-order chi connectivity index (χ1) is 10.5. The van der Waals surface area contributed by atoms with Crippen LogP contribution in [0.1, 0.15) is 28.3 Å². The van der Waals surface area contributed by atoms with Gasteiger partial charge >= 0.3 is 5.97 Å². The number of carboxylic acid groups (broad SMARTS) is 1. The third-order valence-corrected chi connectivity index (χ3v) is 3.69. The molecule has 1 amide bonds. The smallest absolute Gasteiger partial charge is 0.339 e. The van der Waals surface area contributed by atoms with Gasteiger partial charge in [-0.15, -0.1) is 6.58 Å². The molecule has 6 heteroatoms. The van der Waals surface area contributed by atoms with Crippen molar-refractivity contribution in [3.63, 3.8) is 0 Å². The summed E-state index contributed by atoms with van der Waals surface area (Å²) in [7, 11) is 0. The van der Waals surface area contributed by atoms with Gasteiger partial charge in [-0.3, -0.25) is 4.79 Å². The monoisotopic (exact) mass is 302 g/mol. The molecular formula is C16H18N2O4. The lowest BCUT2D eigenvalue weighted by Crippen LogP contribution is -2.21. The summed E-state index contributed by atoms with van der Waals surface area (Å²) in [5.74, 6) is -2.40. The number of likely N-dealkylation sites (tertiary alicyclic amines) is 1. The zero-order valence-corrected chi connectivity index (χ0v) is 12.1. The summed E-state index contributed by atoms with van der Waals surface area (Å²) < 4.78 is 0. The number of nitrogens with one attached hydrogen (secondary N) is 1. The standard InChI is InChI=1S/C16H18N2O4/c1-3-8-17-12-6-5-11(16(21)22)14(19)13(12)10-7-9-18(4-2)15(10)20/h3-6,10,17,19H,1-2,7-9H2,(H,21,22). The number of carboxylic acids is 1. The molecule has 22 heavy (non-hydrogen) atoms. The summed E-state index contributed by atoms with van der Waals surface area (Å²) >= 11 is 0. The number of aromatic hydroxyl groups is 1. The Hall–Kier alpha value is -2.76. The number of hydrogen-bond donors (Lipinski definition) is 3. The van der Waals surface area contributed by atoms with Crippen LogP contribution < -0.4 is 5.32 Å². The molecule has 0 saturated carbocycles. The van der Waals surface area contributed by atoms with Gasteiger partial charge in [-0.05, 0) is 24.8 Å². The van der Waals surface area contributed by atoms with E-state index in [-0.39, 0.29) is 17.2 Å². The molecule has 1 heterocycles. The summed E-state index contributed by atoms with van der Waals surface area (Å²) in [5, 5.41) is 22.5. The molecule has 116 valence electrons. The molecule has 0 aliphatic carbocycles. The Bertz CT molecular complexity index is 639. The second-order valence-electron chi connectivity index (χ2n) is 4.95. The van der Waals surface area contributed by atoms with Crippen LogP contribution in [0.3, 0.4) is 0 Å². The number of carbonyl (C=O) groups excluding carboxylic acids is 1. The Labute approximate surface area is 128 Å². The number of carbonyl (C=O) groups is 2. The van der Waals surface area contributed by atoms with Gasteiger partial charge in [0.15, 0.2) is 0 Å². The first-order valence-electron chi connectivity index (χ1n) is 6.88. The Morgan fingerprint density at radius 2 is 2.18 bits per heavy atom. The van der Waals surface area contributed by atoms with E-state index in [9.17, 15) is 14.7 Å². The molecule has 1 saturated heterocycles. The van der Waals surface area contributed by atoms with Crippen molar-refractivity contribution in [2.45, 2.75) is 12.3 Å². The molecule has 1 aromatic rings. The van der Waals surface area contributed by atoms with Crippen molar-refractivity contribution in [1.29, 1.82) is 0 Å². The molecule has 1 aromatic carbocycles. The lowest BCUT2D eigenvalue weighted by atomic mass is 9.92. The number of benzene rings is 1. The second kappa shape index (κ2) is 6.34. The van der Waals surface area contributed by atoms with Gasteiger partial charge in [0.25, 0.3) is 0 Å². The molecular weight excluding hydrogens is 284 g/mol. The molecule has 1 aliphatic rings. The maximum atomic E-state index is 12.3. The fourth-order valence-electron chi connectivity index (χ4n) is 2.62. The van der Waals surface area contributed by atoms with Crippen LogP contribution in [0.15, 0.2) is 37.6 Å². The number of aromatic carboxylic acids is 1. The molecule has 1 fully saturated rings. The van der Waals surface area contributed by atoms with Gasteiger partial charge in [0.2, 0.25) is 5.91 Å². The van der Waals surface area contributed by atoms with Crippen LogP contribution in [0, 0.1) is 0 Å². The Morgan fingerprint density at radius 1 is 1.45 bits per heavy atom. The molecule has 0 bridgehead atoms. The van der Waals surface area contributed by atoms with Crippen molar-refractivity contribution in [1.82, 2.24) is 4.90 Å². The normalized spacial score (nSPS) is 17.4. The third-order valence-electron chi connectivity index (χ3n) is 3.69. The lowest BCUT2D eigenvalue weighted by molar-refractivity contribution is -0.126. The van der Waals surface area contributed by atoms with Crippen LogP contribution >= 0.6 is 0 Å². The van der Waals surface area contributed by atoms with Crippen molar-refractivity contribution < 1.29 is 19.8 Å². The van der Waals surface area contributed by atoms with Crippen LogP contribution in [0.5, 0.6) is 5.75 Å². The molecule has 0 radical (unpaired) electrons. The molecule has 1 unspecified atom stereocenters. The first kappa shape index (κ1) is 15.6. The molecule has 6 nitrogen and oxygen atoms in total. The number of phenols is 1. The van der Waals surface area contributed by atoms with Gasteiger partial charge in [-0.25, -0.2) is 4.79 Å². The van der Waals surface area contributed by atoms with Crippen LogP contribution in [-0.2, 0) is 4.79 Å². The van der Waals surface area contributed by atoms with E-state index in [0.717, 1.165) is 0 Å². The highest BCUT2D eigenvalue weighted by Crippen LogP contribution is 2.41. The third kappa shape index (κ3) is 2.67. The molecule has 1 atom stereocenters. The average molecular weight is 302 g/mol. The van der Waals surface area contributed by atoms with Crippen LogP contribution in [0.2, 0.25) is 0 Å². The van der Waals surface area contributed by atoms with E-state index in [4.69, 9.17) is 5.11 Å². The van der Waals surface area contributed by atoms with Crippen LogP contribution in [0.4, 0.5) is 5.69 Å².